The molecule has 2 amide bonds. The lowest BCUT2D eigenvalue weighted by Crippen LogP contribution is -2.53. The lowest BCUT2D eigenvalue weighted by molar-refractivity contribution is -0.139. The smallest absolute Gasteiger partial charge is 0.264 e. The van der Waals surface area contributed by atoms with Crippen LogP contribution in [0.5, 0.6) is 0 Å². The fourth-order valence-electron chi connectivity index (χ4n) is 4.96. The molecule has 0 aromatic heterocycles. The van der Waals surface area contributed by atoms with Crippen LogP contribution in [0.2, 0.25) is 10.0 Å². The summed E-state index contributed by atoms with van der Waals surface area (Å²) in [6, 6.07) is 17.3. The van der Waals surface area contributed by atoms with Gasteiger partial charge >= 0.3 is 0 Å². The maximum atomic E-state index is 14.1. The van der Waals surface area contributed by atoms with Crippen molar-refractivity contribution in [3.8, 4) is 0 Å². The number of hydrogen-bond donors (Lipinski definition) is 1. The number of sulfonamides is 1. The third-order valence-electron chi connectivity index (χ3n) is 7.46. The number of rotatable bonds is 10. The Morgan fingerprint density at radius 1 is 0.952 bits per heavy atom. The topological polar surface area (TPSA) is 86.8 Å². The van der Waals surface area contributed by atoms with Gasteiger partial charge in [0.15, 0.2) is 0 Å². The molecule has 4 rings (SSSR count). The molecule has 0 heterocycles. The summed E-state index contributed by atoms with van der Waals surface area (Å²) in [5, 5.41) is 3.78. The average Bonchev–Trinajstić information content (AvgIpc) is 2.97. The van der Waals surface area contributed by atoms with Crippen LogP contribution in [0, 0.1) is 6.92 Å². The predicted molar refractivity (Wildman–Crippen MR) is 171 cm³/mol. The molecule has 0 aliphatic heterocycles. The first-order valence-corrected chi connectivity index (χ1v) is 16.8. The molecule has 42 heavy (non-hydrogen) atoms. The number of amides is 2. The van der Waals surface area contributed by atoms with E-state index in [0.29, 0.717) is 21.3 Å². The second kappa shape index (κ2) is 14.3. The first kappa shape index (κ1) is 32.3. The van der Waals surface area contributed by atoms with Crippen LogP contribution in [-0.2, 0) is 26.2 Å². The van der Waals surface area contributed by atoms with Gasteiger partial charge in [-0.05, 0) is 80.8 Å². The van der Waals surface area contributed by atoms with E-state index in [1.807, 2.05) is 6.92 Å². The molecular formula is C31H34BrCl2N3O4S. The summed E-state index contributed by atoms with van der Waals surface area (Å²) in [4.78, 5) is 29.0. The van der Waals surface area contributed by atoms with Gasteiger partial charge in [-0.3, -0.25) is 13.9 Å². The number of anilines is 1. The molecule has 3 aromatic rings. The van der Waals surface area contributed by atoms with Crippen LogP contribution in [0.15, 0.2) is 76.1 Å². The monoisotopic (exact) mass is 693 g/mol. The molecule has 1 N–H and O–H groups in total. The molecule has 224 valence electrons. The van der Waals surface area contributed by atoms with Crippen molar-refractivity contribution >= 4 is 66.7 Å². The van der Waals surface area contributed by atoms with E-state index in [0.717, 1.165) is 46.4 Å². The lowest BCUT2D eigenvalue weighted by atomic mass is 9.95. The van der Waals surface area contributed by atoms with Gasteiger partial charge in [0.05, 0.1) is 20.6 Å². The molecule has 1 atom stereocenters. The molecule has 1 saturated carbocycles. The molecule has 11 heteroatoms. The van der Waals surface area contributed by atoms with Gasteiger partial charge in [0.25, 0.3) is 10.0 Å². The Hall–Kier alpha value is -2.59. The van der Waals surface area contributed by atoms with E-state index >= 15 is 0 Å². The zero-order valence-corrected chi connectivity index (χ0v) is 27.4. The number of benzene rings is 3. The number of carbonyl (C=O) groups excluding carboxylic acids is 2. The van der Waals surface area contributed by atoms with Gasteiger partial charge < -0.3 is 10.2 Å². The molecular weight excluding hydrogens is 661 g/mol. The average molecular weight is 696 g/mol. The van der Waals surface area contributed by atoms with Crippen LogP contribution in [0.4, 0.5) is 5.69 Å². The van der Waals surface area contributed by atoms with E-state index in [1.54, 1.807) is 61.5 Å². The molecule has 0 spiro atoms. The standard InChI is InChI=1S/C31H34BrCl2N3O4S/c1-21-8-15-27(16-9-21)42(40,41)37(26-13-11-24(32)12-14-26)20-30(38)36(19-23-10-17-28(33)29(34)18-23)22(2)31(39)35-25-6-4-3-5-7-25/h8-18,22,25H,3-7,19-20H2,1-2H3,(H,35,39)/t22-/m0/s1. The summed E-state index contributed by atoms with van der Waals surface area (Å²) in [7, 11) is -4.13. The van der Waals surface area contributed by atoms with Crippen LogP contribution >= 0.6 is 39.1 Å². The summed E-state index contributed by atoms with van der Waals surface area (Å²) in [6.07, 6.45) is 5.02. The zero-order chi connectivity index (χ0) is 30.4. The summed E-state index contributed by atoms with van der Waals surface area (Å²) in [6.45, 7) is 3.05. The summed E-state index contributed by atoms with van der Waals surface area (Å²) < 4.78 is 29.7. The van der Waals surface area contributed by atoms with Gasteiger partial charge in [0.1, 0.15) is 12.6 Å². The van der Waals surface area contributed by atoms with E-state index in [9.17, 15) is 18.0 Å². The van der Waals surface area contributed by atoms with Crippen molar-refractivity contribution in [3.63, 3.8) is 0 Å². The normalized spacial score (nSPS) is 14.7. The van der Waals surface area contributed by atoms with E-state index in [-0.39, 0.29) is 23.4 Å². The van der Waals surface area contributed by atoms with Crippen molar-refractivity contribution < 1.29 is 18.0 Å². The van der Waals surface area contributed by atoms with E-state index in [2.05, 4.69) is 21.2 Å². The maximum absolute atomic E-state index is 14.1. The molecule has 0 radical (unpaired) electrons. The SMILES string of the molecule is Cc1ccc(S(=O)(=O)N(CC(=O)N(Cc2ccc(Cl)c(Cl)c2)[C@@H](C)C(=O)NC2CCCCC2)c2ccc(Br)cc2)cc1. The van der Waals surface area contributed by atoms with Gasteiger partial charge in [-0.15, -0.1) is 0 Å². The molecule has 3 aromatic carbocycles. The highest BCUT2D eigenvalue weighted by molar-refractivity contribution is 9.10. The quantitative estimate of drug-likeness (QED) is 0.245. The van der Waals surface area contributed by atoms with Gasteiger partial charge in [-0.2, -0.15) is 0 Å². The highest BCUT2D eigenvalue weighted by Gasteiger charge is 2.33. The Morgan fingerprint density at radius 3 is 2.21 bits per heavy atom. The molecule has 1 aliphatic carbocycles. The molecule has 0 unspecified atom stereocenters. The fourth-order valence-corrected chi connectivity index (χ4v) is 6.96. The van der Waals surface area contributed by atoms with Gasteiger partial charge in [-0.25, -0.2) is 8.42 Å². The first-order valence-electron chi connectivity index (χ1n) is 13.8. The Balaban J connectivity index is 1.68. The number of hydrogen-bond acceptors (Lipinski definition) is 4. The van der Waals surface area contributed by atoms with Crippen LogP contribution in [-0.4, -0.2) is 43.8 Å². The Kier molecular flexibility index (Phi) is 11.0. The predicted octanol–water partition coefficient (Wildman–Crippen LogP) is 7.13. The summed E-state index contributed by atoms with van der Waals surface area (Å²) in [5.41, 5.74) is 1.89. The van der Waals surface area contributed by atoms with Crippen LogP contribution in [0.3, 0.4) is 0 Å². The highest BCUT2D eigenvalue weighted by Crippen LogP contribution is 2.28. The second-order valence-corrected chi connectivity index (χ2v) is 14.2. The number of halogens is 3. The third-order valence-corrected chi connectivity index (χ3v) is 10.5. The van der Waals surface area contributed by atoms with Crippen molar-refractivity contribution in [1.29, 1.82) is 0 Å². The lowest BCUT2D eigenvalue weighted by Gasteiger charge is -2.33. The number of aryl methyl sites for hydroxylation is 1. The zero-order valence-electron chi connectivity index (χ0n) is 23.5. The minimum Gasteiger partial charge on any atom is -0.352 e. The number of nitrogens with zero attached hydrogens (tertiary/aromatic N) is 2. The van der Waals surface area contributed by atoms with Crippen molar-refractivity contribution in [2.45, 2.75) is 69.5 Å². The third kappa shape index (κ3) is 8.07. The number of carbonyl (C=O) groups is 2. The second-order valence-electron chi connectivity index (χ2n) is 10.6. The molecule has 0 saturated heterocycles. The first-order chi connectivity index (χ1) is 20.0. The van der Waals surface area contributed by atoms with Crippen molar-refractivity contribution in [1.82, 2.24) is 10.2 Å². The van der Waals surface area contributed by atoms with E-state index < -0.39 is 28.5 Å². The minimum atomic E-state index is -4.13. The van der Waals surface area contributed by atoms with Crippen molar-refractivity contribution in [2.75, 3.05) is 10.8 Å². The van der Waals surface area contributed by atoms with Crippen molar-refractivity contribution in [3.05, 3.63) is 92.4 Å². The summed E-state index contributed by atoms with van der Waals surface area (Å²) >= 11 is 15.8. The summed E-state index contributed by atoms with van der Waals surface area (Å²) in [5.74, 6) is -0.821. The van der Waals surface area contributed by atoms with Crippen LogP contribution in [0.25, 0.3) is 0 Å². The molecule has 7 nitrogen and oxygen atoms in total. The van der Waals surface area contributed by atoms with Crippen molar-refractivity contribution in [2.24, 2.45) is 0 Å². The van der Waals surface area contributed by atoms with Crippen LogP contribution in [0.1, 0.15) is 50.2 Å². The van der Waals surface area contributed by atoms with E-state index in [4.69, 9.17) is 23.2 Å². The highest BCUT2D eigenvalue weighted by atomic mass is 79.9. The van der Waals surface area contributed by atoms with Gasteiger partial charge in [0.2, 0.25) is 11.8 Å². The molecule has 0 bridgehead atoms. The Morgan fingerprint density at radius 2 is 1.60 bits per heavy atom. The largest absolute Gasteiger partial charge is 0.352 e. The maximum Gasteiger partial charge on any atom is 0.264 e. The Bertz CT molecular complexity index is 1510. The van der Waals surface area contributed by atoms with E-state index in [1.165, 1.54) is 17.0 Å². The Labute approximate surface area is 266 Å². The van der Waals surface area contributed by atoms with Gasteiger partial charge in [-0.1, -0.05) is 82.2 Å². The fraction of sp³-hybridized carbons (Fsp3) is 0.355. The minimum absolute atomic E-state index is 0.0354. The number of nitrogens with one attached hydrogen (secondary N) is 1. The molecule has 1 aliphatic rings. The molecule has 1 fully saturated rings. The van der Waals surface area contributed by atoms with Gasteiger partial charge in [0, 0.05) is 17.1 Å². The van der Waals surface area contributed by atoms with Crippen LogP contribution < -0.4 is 9.62 Å².